The van der Waals surface area contributed by atoms with Crippen LogP contribution in [0.3, 0.4) is 0 Å². The van der Waals surface area contributed by atoms with Gasteiger partial charge < -0.3 is 18.9 Å². The van der Waals surface area contributed by atoms with Crippen molar-refractivity contribution in [2.24, 2.45) is 47.3 Å². The number of hydrogen-bond donors (Lipinski definition) is 0. The number of hydrogen-bond acceptors (Lipinski definition) is 12. The molecule has 1 unspecified atom stereocenters. The van der Waals surface area contributed by atoms with Gasteiger partial charge in [0.05, 0.1) is 25.4 Å². The smallest absolute Gasteiger partial charge is 0.346 e. The molecule has 0 aromatic rings. The van der Waals surface area contributed by atoms with Crippen LogP contribution in [-0.2, 0) is 56.6 Å². The lowest BCUT2D eigenvalue weighted by atomic mass is 9.57. The summed E-state index contributed by atoms with van der Waals surface area (Å²) in [5, 5.41) is 0. The Labute approximate surface area is 285 Å². The van der Waals surface area contributed by atoms with Crippen LogP contribution in [0.25, 0.3) is 0 Å². The van der Waals surface area contributed by atoms with Crippen molar-refractivity contribution in [1.29, 1.82) is 0 Å². The van der Waals surface area contributed by atoms with E-state index in [0.717, 1.165) is 51.4 Å². The van der Waals surface area contributed by atoms with Crippen LogP contribution in [0.4, 0.5) is 0 Å². The van der Waals surface area contributed by atoms with Gasteiger partial charge in [0.15, 0.2) is 23.8 Å². The van der Waals surface area contributed by atoms with Crippen LogP contribution in [0.1, 0.15) is 106 Å². The van der Waals surface area contributed by atoms with Crippen LogP contribution in [0.15, 0.2) is 0 Å². The molecular weight excluding hydrogens is 643 g/mol. The minimum Gasteiger partial charge on any atom is -0.346 e. The maximum absolute atomic E-state index is 13.7. The molecule has 8 aliphatic heterocycles. The van der Waals surface area contributed by atoms with Gasteiger partial charge in [-0.25, -0.2) is 24.1 Å². The van der Waals surface area contributed by atoms with Gasteiger partial charge in [-0.1, -0.05) is 20.8 Å². The first-order valence-corrected chi connectivity index (χ1v) is 20.2. The molecule has 10 rings (SSSR count). The van der Waals surface area contributed by atoms with Crippen molar-refractivity contribution in [3.05, 3.63) is 0 Å². The molecular formula is C35H57O12P. The van der Waals surface area contributed by atoms with Gasteiger partial charge in [-0.15, -0.1) is 0 Å². The third kappa shape index (κ3) is 5.37. The zero-order chi connectivity index (χ0) is 33.7. The predicted octanol–water partition coefficient (Wildman–Crippen LogP) is 7.06. The maximum atomic E-state index is 13.7. The first-order valence-electron chi connectivity index (χ1n) is 18.7. The summed E-state index contributed by atoms with van der Waals surface area (Å²) < 4.78 is 57.1. The van der Waals surface area contributed by atoms with Crippen LogP contribution in [-0.4, -0.2) is 67.9 Å². The van der Waals surface area contributed by atoms with Crippen LogP contribution < -0.4 is 0 Å². The second-order valence-electron chi connectivity index (χ2n) is 16.7. The minimum absolute atomic E-state index is 0.0913. The van der Waals surface area contributed by atoms with E-state index in [0.29, 0.717) is 30.6 Å². The summed E-state index contributed by atoms with van der Waals surface area (Å²) in [5.41, 5.74) is -1.27. The Hall–Kier alpha value is -0.210. The van der Waals surface area contributed by atoms with Gasteiger partial charge in [0.1, 0.15) is 0 Å². The van der Waals surface area contributed by atoms with E-state index in [2.05, 4.69) is 27.7 Å². The van der Waals surface area contributed by atoms with Gasteiger partial charge in [-0.2, -0.15) is 0 Å². The Kier molecular flexibility index (Phi) is 9.04. The van der Waals surface area contributed by atoms with Crippen LogP contribution in [0.2, 0.25) is 0 Å². The lowest BCUT2D eigenvalue weighted by Crippen LogP contribution is -2.70. The topological polar surface area (TPSA) is 119 Å². The zero-order valence-corrected chi connectivity index (χ0v) is 30.7. The van der Waals surface area contributed by atoms with Crippen molar-refractivity contribution in [1.82, 2.24) is 0 Å². The Morgan fingerprint density at radius 3 is 1.81 bits per heavy atom. The van der Waals surface area contributed by atoms with Gasteiger partial charge in [0.2, 0.25) is 11.6 Å². The average Bonchev–Trinajstić information content (AvgIpc) is 3.43. The summed E-state index contributed by atoms with van der Waals surface area (Å²) in [6.07, 6.45) is 7.66. The highest BCUT2D eigenvalue weighted by molar-refractivity contribution is 7.48. The van der Waals surface area contributed by atoms with Gasteiger partial charge in [0.25, 0.3) is 0 Å². The molecule has 2 saturated carbocycles. The summed E-state index contributed by atoms with van der Waals surface area (Å²) in [7, 11) is -2.44. The molecule has 2 aliphatic carbocycles. The second kappa shape index (κ2) is 12.4. The third-order valence-corrected chi connectivity index (χ3v) is 15.5. The van der Waals surface area contributed by atoms with Crippen LogP contribution in [0.5, 0.6) is 0 Å². The predicted molar refractivity (Wildman–Crippen MR) is 169 cm³/mol. The van der Waals surface area contributed by atoms with E-state index in [1.807, 2.05) is 13.8 Å². The number of phosphoric ester groups is 1. The number of phosphoric acid groups is 1. The lowest BCUT2D eigenvalue weighted by molar-refractivity contribution is -0.571. The maximum Gasteiger partial charge on any atom is 0.474 e. The number of fused-ring (bicyclic) bond motifs is 4. The van der Waals surface area contributed by atoms with Crippen LogP contribution >= 0.6 is 7.82 Å². The third-order valence-electron chi connectivity index (χ3n) is 14.1. The fourth-order valence-electron chi connectivity index (χ4n) is 11.4. The summed E-state index contributed by atoms with van der Waals surface area (Å²) in [4.78, 5) is 24.5. The molecule has 17 atom stereocenters. The number of ether oxygens (including phenoxy) is 4. The monoisotopic (exact) mass is 700 g/mol. The van der Waals surface area contributed by atoms with E-state index in [9.17, 15) is 4.57 Å². The molecule has 0 N–H and O–H groups in total. The van der Waals surface area contributed by atoms with Gasteiger partial charge in [-0.3, -0.25) is 13.6 Å². The molecule has 4 bridgehead atoms. The summed E-state index contributed by atoms with van der Waals surface area (Å²) in [5.74, 6) is 0.613. The molecule has 2 spiro atoms. The fraction of sp³-hybridized carbons (Fsp3) is 1.00. The number of rotatable bonds is 9. The van der Waals surface area contributed by atoms with E-state index in [4.69, 9.17) is 52.1 Å². The Morgan fingerprint density at radius 1 is 0.667 bits per heavy atom. The molecule has 8 saturated heterocycles. The van der Waals surface area contributed by atoms with E-state index >= 15 is 0 Å². The minimum atomic E-state index is -3.81. The normalized spacial score (nSPS) is 55.2. The van der Waals surface area contributed by atoms with E-state index in [1.165, 1.54) is 7.11 Å². The van der Waals surface area contributed by atoms with Crippen molar-refractivity contribution < 1.29 is 56.6 Å². The summed E-state index contributed by atoms with van der Waals surface area (Å²) >= 11 is 0. The van der Waals surface area contributed by atoms with Gasteiger partial charge in [0, 0.05) is 31.8 Å². The largest absolute Gasteiger partial charge is 0.474 e. The molecule has 0 amide bonds. The molecule has 10 fully saturated rings. The highest BCUT2D eigenvalue weighted by Crippen LogP contribution is 2.63. The van der Waals surface area contributed by atoms with Crippen molar-refractivity contribution in [3.8, 4) is 0 Å². The van der Waals surface area contributed by atoms with E-state index in [1.54, 1.807) is 0 Å². The second-order valence-corrected chi connectivity index (χ2v) is 18.5. The Balaban J connectivity index is 0.896. The molecule has 0 aromatic carbocycles. The Bertz CT molecular complexity index is 1260. The standard InChI is InChI=1S/C35H57O12P/c1-20-8-10-27-22(3)29(41-31-34(27)25(20)12-16-33(6,43-31)44-46-34)15-19-39-48(36,37-7)38-18-14-24-23(4)40-30-35-26(21(2)9-11-28(24)35)13-17-32(5,42-30)45-47-35/h20-31H,8-19H2,1-7H3/t20-,21-,22-,23-,24+,25+,26+,27+,28+,29-,30-,31-,32-,33-,34-,35-,48?/m1/s1. The molecule has 0 aromatic heterocycles. The van der Waals surface area contributed by atoms with Crippen molar-refractivity contribution in [3.63, 3.8) is 0 Å². The highest BCUT2D eigenvalue weighted by atomic mass is 31.2. The molecule has 10 aliphatic rings. The highest BCUT2D eigenvalue weighted by Gasteiger charge is 2.70. The molecule has 12 nitrogen and oxygen atoms in total. The lowest BCUT2D eigenvalue weighted by Gasteiger charge is -2.60. The molecule has 8 heterocycles. The fourth-order valence-corrected chi connectivity index (χ4v) is 12.3. The van der Waals surface area contributed by atoms with E-state index < -0.39 is 43.2 Å². The Morgan fingerprint density at radius 2 is 1.21 bits per heavy atom. The summed E-state index contributed by atoms with van der Waals surface area (Å²) in [6.45, 7) is 13.2. The van der Waals surface area contributed by atoms with Crippen LogP contribution in [0, 0.1) is 47.3 Å². The molecule has 13 heteroatoms. The quantitative estimate of drug-likeness (QED) is 0.181. The molecule has 274 valence electrons. The van der Waals surface area contributed by atoms with Crippen molar-refractivity contribution in [2.45, 2.75) is 153 Å². The summed E-state index contributed by atoms with van der Waals surface area (Å²) in [6, 6.07) is 0. The van der Waals surface area contributed by atoms with E-state index in [-0.39, 0.29) is 55.0 Å². The molecule has 0 radical (unpaired) electrons. The van der Waals surface area contributed by atoms with Gasteiger partial charge in [-0.05, 0) is 108 Å². The average molecular weight is 701 g/mol. The SMILES string of the molecule is COP(=O)(OCC[C@H]1[C@@H](C)O[C@@H]2O[C@@]3(C)CC[C@H]4[C@H](C)CC[C@@H]1[C@@]24OO3)OCC[C@H]1O[C@@H]2O[C@@]3(C)CC[C@H]4[C@H](C)CC[C@@H]([C@H]1C)[C@@]24OO3. The van der Waals surface area contributed by atoms with Crippen molar-refractivity contribution >= 4 is 7.82 Å². The van der Waals surface area contributed by atoms with Gasteiger partial charge >= 0.3 is 7.82 Å². The molecule has 48 heavy (non-hydrogen) atoms. The van der Waals surface area contributed by atoms with Crippen molar-refractivity contribution in [2.75, 3.05) is 20.3 Å². The zero-order valence-electron chi connectivity index (χ0n) is 29.8. The first kappa shape index (κ1) is 34.9. The first-order chi connectivity index (χ1) is 22.9.